The molecule has 1 aromatic heterocycles. The van der Waals surface area contributed by atoms with Gasteiger partial charge in [-0.25, -0.2) is 4.79 Å². The van der Waals surface area contributed by atoms with Gasteiger partial charge in [0.05, 0.1) is 11.4 Å². The SMILES string of the molecule is NC(=O)Oc1ccc(-c2n[nH]c3c2Cc2ccccc2-3)cc1. The van der Waals surface area contributed by atoms with E-state index in [1.807, 2.05) is 24.3 Å². The fourth-order valence-corrected chi connectivity index (χ4v) is 2.90. The Morgan fingerprint density at radius 3 is 2.68 bits per heavy atom. The van der Waals surface area contributed by atoms with Gasteiger partial charge in [0, 0.05) is 23.1 Å². The maximum atomic E-state index is 10.7. The van der Waals surface area contributed by atoms with Crippen LogP contribution in [-0.2, 0) is 6.42 Å². The molecule has 5 nitrogen and oxygen atoms in total. The highest BCUT2D eigenvalue weighted by atomic mass is 16.5. The van der Waals surface area contributed by atoms with Gasteiger partial charge in [-0.05, 0) is 29.8 Å². The van der Waals surface area contributed by atoms with Crippen LogP contribution < -0.4 is 10.5 Å². The van der Waals surface area contributed by atoms with Gasteiger partial charge in [-0.15, -0.1) is 0 Å². The molecule has 0 aliphatic heterocycles. The van der Waals surface area contributed by atoms with E-state index >= 15 is 0 Å². The number of carbonyl (C=O) groups is 1. The van der Waals surface area contributed by atoms with Crippen LogP contribution in [0.1, 0.15) is 11.1 Å². The molecule has 22 heavy (non-hydrogen) atoms. The molecule has 3 N–H and O–H groups in total. The van der Waals surface area contributed by atoms with E-state index in [0.29, 0.717) is 5.75 Å². The molecular formula is C17H13N3O2. The first-order valence-electron chi connectivity index (χ1n) is 6.95. The first-order valence-corrected chi connectivity index (χ1v) is 6.95. The normalized spacial score (nSPS) is 11.8. The summed E-state index contributed by atoms with van der Waals surface area (Å²) in [7, 11) is 0. The summed E-state index contributed by atoms with van der Waals surface area (Å²) in [6.45, 7) is 0. The lowest BCUT2D eigenvalue weighted by Crippen LogP contribution is -2.16. The summed E-state index contributed by atoms with van der Waals surface area (Å²) < 4.78 is 4.84. The van der Waals surface area contributed by atoms with E-state index in [1.165, 1.54) is 16.7 Å². The summed E-state index contributed by atoms with van der Waals surface area (Å²) in [5, 5.41) is 7.57. The molecule has 108 valence electrons. The third kappa shape index (κ3) is 1.95. The predicted octanol–water partition coefficient (Wildman–Crippen LogP) is 3.11. The fourth-order valence-electron chi connectivity index (χ4n) is 2.90. The van der Waals surface area contributed by atoms with Crippen LogP contribution in [-0.4, -0.2) is 16.3 Å². The monoisotopic (exact) mass is 291 g/mol. The standard InChI is InChI=1S/C17H13N3O2/c18-17(21)22-12-7-5-10(6-8-12)15-14-9-11-3-1-2-4-13(11)16(14)20-19-15/h1-8H,9H2,(H2,18,21)(H,19,20). The Morgan fingerprint density at radius 1 is 1.14 bits per heavy atom. The van der Waals surface area contributed by atoms with E-state index in [0.717, 1.165) is 23.4 Å². The molecule has 0 bridgehead atoms. The number of fused-ring (bicyclic) bond motifs is 3. The van der Waals surface area contributed by atoms with Gasteiger partial charge in [0.2, 0.25) is 0 Å². The molecule has 0 fully saturated rings. The predicted molar refractivity (Wildman–Crippen MR) is 82.5 cm³/mol. The van der Waals surface area contributed by atoms with Gasteiger partial charge in [0.1, 0.15) is 5.75 Å². The summed E-state index contributed by atoms with van der Waals surface area (Å²) in [4.78, 5) is 10.7. The van der Waals surface area contributed by atoms with Crippen molar-refractivity contribution >= 4 is 6.09 Å². The van der Waals surface area contributed by atoms with Crippen LogP contribution in [0.15, 0.2) is 48.5 Å². The summed E-state index contributed by atoms with van der Waals surface area (Å²) >= 11 is 0. The number of ether oxygens (including phenoxy) is 1. The van der Waals surface area contributed by atoms with Crippen LogP contribution >= 0.6 is 0 Å². The van der Waals surface area contributed by atoms with Crippen molar-refractivity contribution in [3.63, 3.8) is 0 Å². The van der Waals surface area contributed by atoms with Gasteiger partial charge in [-0.1, -0.05) is 24.3 Å². The molecule has 4 rings (SSSR count). The molecule has 0 radical (unpaired) electrons. The van der Waals surface area contributed by atoms with E-state index in [2.05, 4.69) is 22.3 Å². The Morgan fingerprint density at radius 2 is 1.91 bits per heavy atom. The number of primary amides is 1. The number of aromatic amines is 1. The van der Waals surface area contributed by atoms with E-state index in [9.17, 15) is 4.79 Å². The van der Waals surface area contributed by atoms with Crippen molar-refractivity contribution in [1.29, 1.82) is 0 Å². The van der Waals surface area contributed by atoms with Gasteiger partial charge in [-0.2, -0.15) is 5.10 Å². The van der Waals surface area contributed by atoms with Gasteiger partial charge in [0.25, 0.3) is 0 Å². The minimum atomic E-state index is -0.816. The van der Waals surface area contributed by atoms with Crippen molar-refractivity contribution in [2.45, 2.75) is 6.42 Å². The number of carbonyl (C=O) groups excluding carboxylic acids is 1. The third-order valence-corrected chi connectivity index (χ3v) is 3.87. The van der Waals surface area contributed by atoms with E-state index < -0.39 is 6.09 Å². The average Bonchev–Trinajstić information content (AvgIpc) is 3.06. The summed E-state index contributed by atoms with van der Waals surface area (Å²) in [6.07, 6.45) is 0.0560. The lowest BCUT2D eigenvalue weighted by molar-refractivity contribution is 0.211. The zero-order valence-corrected chi connectivity index (χ0v) is 11.7. The quantitative estimate of drug-likeness (QED) is 0.595. The van der Waals surface area contributed by atoms with E-state index in [1.54, 1.807) is 12.1 Å². The van der Waals surface area contributed by atoms with Crippen LogP contribution in [0.5, 0.6) is 5.75 Å². The first kappa shape index (κ1) is 12.6. The van der Waals surface area contributed by atoms with Gasteiger partial charge in [0.15, 0.2) is 0 Å². The lowest BCUT2D eigenvalue weighted by atomic mass is 10.1. The minimum absolute atomic E-state index is 0.423. The number of rotatable bonds is 2. The van der Waals surface area contributed by atoms with Crippen LogP contribution in [0.2, 0.25) is 0 Å². The van der Waals surface area contributed by atoms with E-state index in [-0.39, 0.29) is 0 Å². The van der Waals surface area contributed by atoms with Crippen LogP contribution in [0.3, 0.4) is 0 Å². The Balaban J connectivity index is 1.71. The highest BCUT2D eigenvalue weighted by molar-refractivity contribution is 5.81. The maximum absolute atomic E-state index is 10.7. The van der Waals surface area contributed by atoms with Crippen molar-refractivity contribution in [2.24, 2.45) is 5.73 Å². The minimum Gasteiger partial charge on any atom is -0.411 e. The van der Waals surface area contributed by atoms with Crippen molar-refractivity contribution in [1.82, 2.24) is 10.2 Å². The number of H-pyrrole nitrogens is 1. The molecule has 1 aliphatic carbocycles. The summed E-state index contributed by atoms with van der Waals surface area (Å²) in [6, 6.07) is 15.5. The van der Waals surface area contributed by atoms with Gasteiger partial charge < -0.3 is 10.5 Å². The smallest absolute Gasteiger partial charge is 0.409 e. The van der Waals surface area contributed by atoms with E-state index in [4.69, 9.17) is 10.5 Å². The Hall–Kier alpha value is -3.08. The number of hydrogen-bond acceptors (Lipinski definition) is 3. The highest BCUT2D eigenvalue weighted by Gasteiger charge is 2.24. The highest BCUT2D eigenvalue weighted by Crippen LogP contribution is 2.39. The second-order valence-electron chi connectivity index (χ2n) is 5.21. The number of benzene rings is 2. The molecule has 0 unspecified atom stereocenters. The lowest BCUT2D eigenvalue weighted by Gasteiger charge is -2.03. The van der Waals surface area contributed by atoms with Crippen LogP contribution in [0.25, 0.3) is 22.5 Å². The molecule has 0 spiro atoms. The van der Waals surface area contributed by atoms with Crippen LogP contribution in [0.4, 0.5) is 4.79 Å². The van der Waals surface area contributed by atoms with Crippen molar-refractivity contribution < 1.29 is 9.53 Å². The third-order valence-electron chi connectivity index (χ3n) is 3.87. The fraction of sp³-hybridized carbons (Fsp3) is 0.0588. The Labute approximate surface area is 126 Å². The second kappa shape index (κ2) is 4.73. The molecular weight excluding hydrogens is 278 g/mol. The van der Waals surface area contributed by atoms with Crippen molar-refractivity contribution in [3.8, 4) is 28.3 Å². The van der Waals surface area contributed by atoms with Gasteiger partial charge in [-0.3, -0.25) is 5.10 Å². The van der Waals surface area contributed by atoms with Crippen molar-refractivity contribution in [2.75, 3.05) is 0 Å². The van der Waals surface area contributed by atoms with Gasteiger partial charge >= 0.3 is 6.09 Å². The number of hydrogen-bond donors (Lipinski definition) is 2. The topological polar surface area (TPSA) is 81.0 Å². The molecule has 0 saturated heterocycles. The molecule has 1 heterocycles. The maximum Gasteiger partial charge on any atom is 0.409 e. The molecule has 0 atom stereocenters. The molecule has 5 heteroatoms. The second-order valence-corrected chi connectivity index (χ2v) is 5.21. The molecule has 1 amide bonds. The number of nitrogens with zero attached hydrogens (tertiary/aromatic N) is 1. The molecule has 3 aromatic rings. The zero-order valence-electron chi connectivity index (χ0n) is 11.7. The number of nitrogens with two attached hydrogens (primary N) is 1. The summed E-state index contributed by atoms with van der Waals surface area (Å²) in [5.41, 5.74) is 11.7. The number of aromatic nitrogens is 2. The largest absolute Gasteiger partial charge is 0.411 e. The molecule has 0 saturated carbocycles. The molecule has 1 aliphatic rings. The van der Waals surface area contributed by atoms with Crippen LogP contribution in [0, 0.1) is 0 Å². The zero-order chi connectivity index (χ0) is 15.1. The Kier molecular flexibility index (Phi) is 2.72. The average molecular weight is 291 g/mol. The molecule has 2 aromatic carbocycles. The number of nitrogens with one attached hydrogen (secondary N) is 1. The van der Waals surface area contributed by atoms with Crippen molar-refractivity contribution in [3.05, 3.63) is 59.7 Å². The first-order chi connectivity index (χ1) is 10.7. The number of amides is 1. The summed E-state index contributed by atoms with van der Waals surface area (Å²) in [5.74, 6) is 0.423. The Bertz CT molecular complexity index is 866.